The van der Waals surface area contributed by atoms with Crippen LogP contribution in [0.4, 0.5) is 0 Å². The second-order valence-corrected chi connectivity index (χ2v) is 8.39. The van der Waals surface area contributed by atoms with E-state index >= 15 is 0 Å². The van der Waals surface area contributed by atoms with Gasteiger partial charge in [-0.1, -0.05) is 32.9 Å². The minimum Gasteiger partial charge on any atom is -0.379 e. The highest BCUT2D eigenvalue weighted by molar-refractivity contribution is 7.89. The van der Waals surface area contributed by atoms with Gasteiger partial charge in [-0.25, -0.2) is 13.1 Å². The first kappa shape index (κ1) is 17.4. The SMILES string of the molecule is CC(C)(C)c1ccc(S(=O)(=O)NCCN2CCOCC2)cc1. The fourth-order valence-electron chi connectivity index (χ4n) is 2.38. The monoisotopic (exact) mass is 326 g/mol. The molecule has 1 saturated heterocycles. The molecule has 22 heavy (non-hydrogen) atoms. The Kier molecular flexibility index (Phi) is 5.60. The Labute approximate surface area is 133 Å². The van der Waals surface area contributed by atoms with Gasteiger partial charge in [0.25, 0.3) is 0 Å². The molecule has 0 amide bonds. The maximum atomic E-state index is 12.3. The van der Waals surface area contributed by atoms with Crippen molar-refractivity contribution in [1.82, 2.24) is 9.62 Å². The molecule has 0 unspecified atom stereocenters. The van der Waals surface area contributed by atoms with Gasteiger partial charge in [0.05, 0.1) is 18.1 Å². The molecule has 0 bridgehead atoms. The van der Waals surface area contributed by atoms with Crippen molar-refractivity contribution in [3.05, 3.63) is 29.8 Å². The summed E-state index contributed by atoms with van der Waals surface area (Å²) in [7, 11) is -3.43. The summed E-state index contributed by atoms with van der Waals surface area (Å²) in [6.45, 7) is 10.6. The molecule has 1 aromatic carbocycles. The zero-order valence-electron chi connectivity index (χ0n) is 13.6. The molecule has 1 aliphatic rings. The number of ether oxygens (including phenoxy) is 1. The zero-order chi connectivity index (χ0) is 16.2. The summed E-state index contributed by atoms with van der Waals surface area (Å²) in [5.41, 5.74) is 1.14. The van der Waals surface area contributed by atoms with Gasteiger partial charge in [-0.05, 0) is 23.1 Å². The lowest BCUT2D eigenvalue weighted by Crippen LogP contribution is -2.41. The van der Waals surface area contributed by atoms with Crippen molar-refractivity contribution in [2.45, 2.75) is 31.1 Å². The predicted molar refractivity (Wildman–Crippen MR) is 87.6 cm³/mol. The number of sulfonamides is 1. The van der Waals surface area contributed by atoms with Gasteiger partial charge in [-0.15, -0.1) is 0 Å². The van der Waals surface area contributed by atoms with E-state index in [0.29, 0.717) is 18.0 Å². The average molecular weight is 326 g/mol. The fraction of sp³-hybridized carbons (Fsp3) is 0.625. The minimum absolute atomic E-state index is 0.0199. The molecule has 1 aromatic rings. The van der Waals surface area contributed by atoms with Gasteiger partial charge < -0.3 is 4.74 Å². The Bertz CT molecular complexity index is 570. The van der Waals surface area contributed by atoms with Crippen LogP contribution in [0.3, 0.4) is 0 Å². The molecule has 1 fully saturated rings. The first-order chi connectivity index (χ1) is 10.3. The lowest BCUT2D eigenvalue weighted by Gasteiger charge is -2.26. The van der Waals surface area contributed by atoms with E-state index in [9.17, 15) is 8.42 Å². The second kappa shape index (κ2) is 7.08. The molecular weight excluding hydrogens is 300 g/mol. The average Bonchev–Trinajstić information content (AvgIpc) is 2.47. The van der Waals surface area contributed by atoms with Crippen LogP contribution in [0.15, 0.2) is 29.2 Å². The maximum absolute atomic E-state index is 12.3. The normalized spacial score (nSPS) is 17.6. The van der Waals surface area contributed by atoms with E-state index in [-0.39, 0.29) is 5.41 Å². The first-order valence-electron chi connectivity index (χ1n) is 7.69. The van der Waals surface area contributed by atoms with Crippen LogP contribution in [0.5, 0.6) is 0 Å². The highest BCUT2D eigenvalue weighted by Gasteiger charge is 2.18. The summed E-state index contributed by atoms with van der Waals surface area (Å²) >= 11 is 0. The lowest BCUT2D eigenvalue weighted by molar-refractivity contribution is 0.0390. The Morgan fingerprint density at radius 1 is 1.14 bits per heavy atom. The number of hydrogen-bond donors (Lipinski definition) is 1. The van der Waals surface area contributed by atoms with E-state index in [1.807, 2.05) is 12.1 Å². The first-order valence-corrected chi connectivity index (χ1v) is 9.18. The van der Waals surface area contributed by atoms with Crippen LogP contribution in [0.1, 0.15) is 26.3 Å². The number of morpholine rings is 1. The molecule has 124 valence electrons. The Morgan fingerprint density at radius 3 is 2.27 bits per heavy atom. The summed E-state index contributed by atoms with van der Waals surface area (Å²) in [6.07, 6.45) is 0. The molecular formula is C16H26N2O3S. The third-order valence-electron chi connectivity index (χ3n) is 3.85. The summed E-state index contributed by atoms with van der Waals surface area (Å²) in [4.78, 5) is 2.52. The van der Waals surface area contributed by atoms with Crippen molar-refractivity contribution in [3.8, 4) is 0 Å². The van der Waals surface area contributed by atoms with Gasteiger partial charge >= 0.3 is 0 Å². The Morgan fingerprint density at radius 2 is 1.73 bits per heavy atom. The summed E-state index contributed by atoms with van der Waals surface area (Å²) in [6, 6.07) is 7.13. The molecule has 6 heteroatoms. The molecule has 0 aromatic heterocycles. The Balaban J connectivity index is 1.92. The van der Waals surface area contributed by atoms with E-state index in [4.69, 9.17) is 4.74 Å². The number of nitrogens with one attached hydrogen (secondary N) is 1. The molecule has 0 aliphatic carbocycles. The fourth-order valence-corrected chi connectivity index (χ4v) is 3.40. The van der Waals surface area contributed by atoms with Gasteiger partial charge in [-0.2, -0.15) is 0 Å². The van der Waals surface area contributed by atoms with Crippen molar-refractivity contribution in [2.24, 2.45) is 0 Å². The van der Waals surface area contributed by atoms with E-state index in [2.05, 4.69) is 30.4 Å². The summed E-state index contributed by atoms with van der Waals surface area (Å²) in [5.74, 6) is 0. The van der Waals surface area contributed by atoms with Crippen molar-refractivity contribution in [3.63, 3.8) is 0 Å². The van der Waals surface area contributed by atoms with Crippen molar-refractivity contribution in [2.75, 3.05) is 39.4 Å². The van der Waals surface area contributed by atoms with Crippen LogP contribution < -0.4 is 4.72 Å². The van der Waals surface area contributed by atoms with E-state index in [1.54, 1.807) is 12.1 Å². The molecule has 1 heterocycles. The second-order valence-electron chi connectivity index (χ2n) is 6.63. The van der Waals surface area contributed by atoms with E-state index in [1.165, 1.54) is 0 Å². The molecule has 0 saturated carbocycles. The van der Waals surface area contributed by atoms with E-state index < -0.39 is 10.0 Å². The van der Waals surface area contributed by atoms with Crippen molar-refractivity contribution in [1.29, 1.82) is 0 Å². The number of benzene rings is 1. The molecule has 2 rings (SSSR count). The van der Waals surface area contributed by atoms with Crippen LogP contribution >= 0.6 is 0 Å². The Hall–Kier alpha value is -0.950. The topological polar surface area (TPSA) is 58.6 Å². The summed E-state index contributed by atoms with van der Waals surface area (Å²) in [5, 5.41) is 0. The van der Waals surface area contributed by atoms with Gasteiger partial charge in [-0.3, -0.25) is 4.90 Å². The van der Waals surface area contributed by atoms with Crippen molar-refractivity contribution < 1.29 is 13.2 Å². The van der Waals surface area contributed by atoms with Crippen LogP contribution in [0, 0.1) is 0 Å². The summed E-state index contributed by atoms with van der Waals surface area (Å²) < 4.78 is 32.5. The zero-order valence-corrected chi connectivity index (χ0v) is 14.4. The molecule has 1 aliphatic heterocycles. The van der Waals surface area contributed by atoms with Crippen LogP contribution in [-0.4, -0.2) is 52.7 Å². The van der Waals surface area contributed by atoms with Gasteiger partial charge in [0.1, 0.15) is 0 Å². The highest BCUT2D eigenvalue weighted by Crippen LogP contribution is 2.23. The van der Waals surface area contributed by atoms with E-state index in [0.717, 1.165) is 31.9 Å². The molecule has 0 spiro atoms. The number of nitrogens with zero attached hydrogens (tertiary/aromatic N) is 1. The predicted octanol–water partition coefficient (Wildman–Crippen LogP) is 1.59. The molecule has 0 radical (unpaired) electrons. The van der Waals surface area contributed by atoms with Crippen LogP contribution in [-0.2, 0) is 20.2 Å². The van der Waals surface area contributed by atoms with Crippen LogP contribution in [0.25, 0.3) is 0 Å². The third-order valence-corrected chi connectivity index (χ3v) is 5.33. The lowest BCUT2D eigenvalue weighted by atomic mass is 9.87. The van der Waals surface area contributed by atoms with Crippen molar-refractivity contribution >= 4 is 10.0 Å². The smallest absolute Gasteiger partial charge is 0.240 e. The quantitative estimate of drug-likeness (QED) is 0.893. The standard InChI is InChI=1S/C16H26N2O3S/c1-16(2,3)14-4-6-15(7-5-14)22(19,20)17-8-9-18-10-12-21-13-11-18/h4-7,17H,8-13H2,1-3H3. The third kappa shape index (κ3) is 4.78. The number of rotatable bonds is 5. The van der Waals surface area contributed by atoms with Gasteiger partial charge in [0.15, 0.2) is 0 Å². The molecule has 0 atom stereocenters. The van der Waals surface area contributed by atoms with Gasteiger partial charge in [0, 0.05) is 26.2 Å². The maximum Gasteiger partial charge on any atom is 0.240 e. The van der Waals surface area contributed by atoms with Crippen LogP contribution in [0.2, 0.25) is 0 Å². The largest absolute Gasteiger partial charge is 0.379 e. The minimum atomic E-state index is -3.43. The number of hydrogen-bond acceptors (Lipinski definition) is 4. The van der Waals surface area contributed by atoms with Gasteiger partial charge in [0.2, 0.25) is 10.0 Å². The molecule has 1 N–H and O–H groups in total. The highest BCUT2D eigenvalue weighted by atomic mass is 32.2. The molecule has 5 nitrogen and oxygen atoms in total.